The van der Waals surface area contributed by atoms with Crippen LogP contribution in [0.3, 0.4) is 0 Å². The third kappa shape index (κ3) is 2.60. The van der Waals surface area contributed by atoms with Gasteiger partial charge in [-0.15, -0.1) is 0 Å². The minimum absolute atomic E-state index is 0.0837. The van der Waals surface area contributed by atoms with Crippen molar-refractivity contribution in [2.45, 2.75) is 104 Å². The van der Waals surface area contributed by atoms with Crippen molar-refractivity contribution in [3.63, 3.8) is 0 Å². The van der Waals surface area contributed by atoms with Crippen molar-refractivity contribution in [1.82, 2.24) is 0 Å². The number of rotatable bonds is 3. The van der Waals surface area contributed by atoms with E-state index < -0.39 is 0 Å². The molecule has 0 aromatic rings. The molecular weight excluding hydrogens is 256 g/mol. The zero-order valence-corrected chi connectivity index (χ0v) is 15.2. The molecule has 1 aliphatic heterocycles. The van der Waals surface area contributed by atoms with E-state index in [0.717, 1.165) is 5.92 Å². The summed E-state index contributed by atoms with van der Waals surface area (Å²) in [6, 6.07) is 0. The number of fused-ring (bicyclic) bond motifs is 1. The molecule has 3 rings (SSSR count). The van der Waals surface area contributed by atoms with Crippen LogP contribution >= 0.6 is 0 Å². The predicted octanol–water partition coefficient (Wildman–Crippen LogP) is 6.28. The normalized spacial score (nSPS) is 39.9. The molecule has 2 fully saturated rings. The standard InChI is InChI=1S/C18H30O.C2H6/c1-5-6-8-14-9-7-11-17(4)12-10-15-13-18(14,17)19-16(15,2)3;1-2/h9,15H,5-8,10-13H2,1-4H3;1-2H3/t15?,17-,18?;/m0./s1. The number of unbranched alkanes of at least 4 members (excludes halogenated alkanes) is 1. The maximum absolute atomic E-state index is 6.81. The van der Waals surface area contributed by atoms with Gasteiger partial charge in [-0.2, -0.15) is 0 Å². The molecular formula is C20H36O. The van der Waals surface area contributed by atoms with E-state index in [1.54, 1.807) is 5.57 Å². The lowest BCUT2D eigenvalue weighted by molar-refractivity contribution is -0.132. The molecule has 0 amide bonds. The number of allylic oxidation sites excluding steroid dienone is 1. The molecule has 21 heavy (non-hydrogen) atoms. The van der Waals surface area contributed by atoms with E-state index in [1.165, 1.54) is 51.4 Å². The van der Waals surface area contributed by atoms with Gasteiger partial charge >= 0.3 is 0 Å². The van der Waals surface area contributed by atoms with Crippen LogP contribution in [0.25, 0.3) is 0 Å². The first-order valence-corrected chi connectivity index (χ1v) is 9.33. The summed E-state index contributed by atoms with van der Waals surface area (Å²) in [5.74, 6) is 0.767. The van der Waals surface area contributed by atoms with Crippen molar-refractivity contribution >= 4 is 0 Å². The van der Waals surface area contributed by atoms with Crippen molar-refractivity contribution in [2.75, 3.05) is 0 Å². The summed E-state index contributed by atoms with van der Waals surface area (Å²) in [5.41, 5.74) is 2.22. The highest BCUT2D eigenvalue weighted by molar-refractivity contribution is 5.31. The molecule has 0 radical (unpaired) electrons. The summed E-state index contributed by atoms with van der Waals surface area (Å²) in [6.07, 6.45) is 13.0. The molecule has 2 bridgehead atoms. The minimum Gasteiger partial charge on any atom is -0.364 e. The van der Waals surface area contributed by atoms with Crippen molar-refractivity contribution in [1.29, 1.82) is 0 Å². The van der Waals surface area contributed by atoms with Gasteiger partial charge in [-0.1, -0.05) is 40.2 Å². The molecule has 2 unspecified atom stereocenters. The Morgan fingerprint density at radius 2 is 1.90 bits per heavy atom. The molecule has 1 heteroatoms. The van der Waals surface area contributed by atoms with Crippen LogP contribution < -0.4 is 0 Å². The van der Waals surface area contributed by atoms with Crippen molar-refractivity contribution in [3.05, 3.63) is 11.6 Å². The first-order chi connectivity index (χ1) is 9.94. The maximum atomic E-state index is 6.81. The fourth-order valence-electron chi connectivity index (χ4n) is 4.99. The van der Waals surface area contributed by atoms with Gasteiger partial charge < -0.3 is 4.74 Å². The van der Waals surface area contributed by atoms with Crippen molar-refractivity contribution < 1.29 is 4.74 Å². The van der Waals surface area contributed by atoms with Crippen LogP contribution in [0.5, 0.6) is 0 Å². The second-order valence-electron chi connectivity index (χ2n) is 7.90. The van der Waals surface area contributed by atoms with Gasteiger partial charge in [0.1, 0.15) is 0 Å². The van der Waals surface area contributed by atoms with E-state index in [9.17, 15) is 0 Å². The second kappa shape index (κ2) is 6.07. The molecule has 1 heterocycles. The lowest BCUT2D eigenvalue weighted by Crippen LogP contribution is -2.51. The van der Waals surface area contributed by atoms with Crippen LogP contribution in [0.2, 0.25) is 0 Å². The molecule has 1 nitrogen and oxygen atoms in total. The van der Waals surface area contributed by atoms with Crippen molar-refractivity contribution in [3.8, 4) is 0 Å². The van der Waals surface area contributed by atoms with Crippen LogP contribution in [0.1, 0.15) is 92.9 Å². The maximum Gasteiger partial charge on any atom is 0.0955 e. The predicted molar refractivity (Wildman–Crippen MR) is 91.5 cm³/mol. The first-order valence-electron chi connectivity index (χ1n) is 9.33. The molecule has 1 saturated heterocycles. The molecule has 3 atom stereocenters. The fraction of sp³-hybridized carbons (Fsp3) is 0.900. The number of hydrogen-bond acceptors (Lipinski definition) is 1. The van der Waals surface area contributed by atoms with Gasteiger partial charge in [0.15, 0.2) is 0 Å². The fourth-order valence-corrected chi connectivity index (χ4v) is 4.99. The van der Waals surface area contributed by atoms with E-state index in [2.05, 4.69) is 33.8 Å². The lowest BCUT2D eigenvalue weighted by atomic mass is 9.55. The Kier molecular flexibility index (Phi) is 4.93. The highest BCUT2D eigenvalue weighted by Gasteiger charge is 2.64. The van der Waals surface area contributed by atoms with Crippen LogP contribution in [-0.4, -0.2) is 11.2 Å². The van der Waals surface area contributed by atoms with E-state index in [0.29, 0.717) is 5.41 Å². The lowest BCUT2D eigenvalue weighted by Gasteiger charge is -2.52. The van der Waals surface area contributed by atoms with Crippen LogP contribution in [0, 0.1) is 11.3 Å². The Bertz CT molecular complexity index is 395. The average molecular weight is 293 g/mol. The average Bonchev–Trinajstić information content (AvgIpc) is 2.69. The monoisotopic (exact) mass is 292 g/mol. The van der Waals surface area contributed by atoms with Gasteiger partial charge in [-0.3, -0.25) is 0 Å². The Morgan fingerprint density at radius 1 is 1.19 bits per heavy atom. The smallest absolute Gasteiger partial charge is 0.0955 e. The summed E-state index contributed by atoms with van der Waals surface area (Å²) in [6.45, 7) is 13.4. The highest BCUT2D eigenvalue weighted by atomic mass is 16.5. The molecule has 0 aromatic carbocycles. The SMILES string of the molecule is CC.CCCCC1=CCC[C@@]2(C)CCC3CC12OC3(C)C. The summed E-state index contributed by atoms with van der Waals surface area (Å²) in [5, 5.41) is 0. The Labute approximate surface area is 132 Å². The van der Waals surface area contributed by atoms with Crippen LogP contribution in [0.4, 0.5) is 0 Å². The van der Waals surface area contributed by atoms with E-state index >= 15 is 0 Å². The van der Waals surface area contributed by atoms with Crippen LogP contribution in [-0.2, 0) is 4.74 Å². The molecule has 1 spiro atoms. The van der Waals surface area contributed by atoms with Gasteiger partial charge in [0.05, 0.1) is 11.2 Å². The van der Waals surface area contributed by atoms with E-state index in [1.807, 2.05) is 13.8 Å². The molecule has 1 saturated carbocycles. The van der Waals surface area contributed by atoms with Crippen LogP contribution in [0.15, 0.2) is 11.6 Å². The molecule has 3 aliphatic rings. The quantitative estimate of drug-likeness (QED) is 0.556. The zero-order chi connectivity index (χ0) is 15.7. The summed E-state index contributed by atoms with van der Waals surface area (Å²) >= 11 is 0. The molecule has 122 valence electrons. The van der Waals surface area contributed by atoms with Crippen molar-refractivity contribution in [2.24, 2.45) is 11.3 Å². The van der Waals surface area contributed by atoms with Gasteiger partial charge in [-0.25, -0.2) is 0 Å². The third-order valence-electron chi connectivity index (χ3n) is 6.38. The summed E-state index contributed by atoms with van der Waals surface area (Å²) in [7, 11) is 0. The van der Waals surface area contributed by atoms with Gasteiger partial charge in [0.25, 0.3) is 0 Å². The molecule has 2 aliphatic carbocycles. The summed E-state index contributed by atoms with van der Waals surface area (Å²) in [4.78, 5) is 0. The topological polar surface area (TPSA) is 9.23 Å². The third-order valence-corrected chi connectivity index (χ3v) is 6.38. The molecule has 0 N–H and O–H groups in total. The van der Waals surface area contributed by atoms with E-state index in [-0.39, 0.29) is 11.2 Å². The second-order valence-corrected chi connectivity index (χ2v) is 7.90. The first kappa shape index (κ1) is 17.1. The zero-order valence-electron chi connectivity index (χ0n) is 15.2. The number of hydrogen-bond donors (Lipinski definition) is 0. The van der Waals surface area contributed by atoms with E-state index in [4.69, 9.17) is 4.74 Å². The Balaban J connectivity index is 0.000000774. The van der Waals surface area contributed by atoms with Gasteiger partial charge in [-0.05, 0) is 70.3 Å². The summed E-state index contributed by atoms with van der Waals surface area (Å²) < 4.78 is 6.81. The number of ether oxygens (including phenoxy) is 1. The largest absolute Gasteiger partial charge is 0.364 e. The highest BCUT2D eigenvalue weighted by Crippen LogP contribution is 2.65. The Hall–Kier alpha value is -0.300. The minimum atomic E-state index is 0.0837. The van der Waals surface area contributed by atoms with Gasteiger partial charge in [0, 0.05) is 5.41 Å². The van der Waals surface area contributed by atoms with Gasteiger partial charge in [0.2, 0.25) is 0 Å². The Morgan fingerprint density at radius 3 is 2.57 bits per heavy atom. The molecule has 0 aromatic heterocycles.